The number of nitrogens with two attached hydrogens (primary N) is 2. The van der Waals surface area contributed by atoms with Gasteiger partial charge in [0, 0.05) is 63.8 Å². The molecule has 2 fully saturated rings. The first-order valence-corrected chi connectivity index (χ1v) is 13.4. The summed E-state index contributed by atoms with van der Waals surface area (Å²) in [5.41, 5.74) is 11.4. The summed E-state index contributed by atoms with van der Waals surface area (Å²) in [5, 5.41) is 3.27. The summed E-state index contributed by atoms with van der Waals surface area (Å²) < 4.78 is 4.63. The Morgan fingerprint density at radius 2 is 1.43 bits per heavy atom. The molecule has 0 spiro atoms. The van der Waals surface area contributed by atoms with Crippen LogP contribution >= 0.6 is 0 Å². The molecule has 2 aromatic rings. The van der Waals surface area contributed by atoms with E-state index < -0.39 is 0 Å². The van der Waals surface area contributed by atoms with E-state index in [-0.39, 0.29) is 5.97 Å². The largest absolute Gasteiger partial charge is 0.465 e. The molecule has 0 bridgehead atoms. The number of methoxy groups -OCH3 is 1. The number of esters is 1. The minimum Gasteiger partial charge on any atom is -0.465 e. The average molecular weight is 511 g/mol. The molecule has 202 valence electrons. The number of carbonyl (C=O) groups excluding carboxylic acids is 1. The Balaban J connectivity index is 0.000000180. The van der Waals surface area contributed by atoms with Crippen molar-refractivity contribution in [2.75, 3.05) is 69.3 Å². The quantitative estimate of drug-likeness (QED) is 0.517. The Labute approximate surface area is 220 Å². The van der Waals surface area contributed by atoms with E-state index in [4.69, 9.17) is 11.5 Å². The molecule has 5 heterocycles. The maximum atomic E-state index is 11.2. The van der Waals surface area contributed by atoms with Crippen LogP contribution in [0, 0.1) is 0 Å². The summed E-state index contributed by atoms with van der Waals surface area (Å²) in [5.74, 6) is 2.71. The van der Waals surface area contributed by atoms with E-state index in [1.165, 1.54) is 45.6 Å². The average Bonchev–Trinajstić information content (AvgIpc) is 3.54. The summed E-state index contributed by atoms with van der Waals surface area (Å²) in [7, 11) is 1.38. The Bertz CT molecular complexity index is 951. The predicted octanol–water partition coefficient (Wildman–Crippen LogP) is 2.18. The second-order valence-electron chi connectivity index (χ2n) is 9.13. The van der Waals surface area contributed by atoms with Gasteiger partial charge in [-0.15, -0.1) is 0 Å². The fourth-order valence-corrected chi connectivity index (χ4v) is 4.36. The first-order chi connectivity index (χ1) is 18.2. The molecule has 3 aliphatic rings. The molecule has 0 aromatic carbocycles. The normalized spacial score (nSPS) is 16.9. The van der Waals surface area contributed by atoms with Crippen LogP contribution in [-0.2, 0) is 4.74 Å². The van der Waals surface area contributed by atoms with E-state index in [2.05, 4.69) is 46.9 Å². The van der Waals surface area contributed by atoms with Crippen LogP contribution in [0.2, 0.25) is 0 Å². The van der Waals surface area contributed by atoms with Gasteiger partial charge in [-0.3, -0.25) is 4.99 Å². The van der Waals surface area contributed by atoms with Gasteiger partial charge in [0.2, 0.25) is 0 Å². The molecule has 0 unspecified atom stereocenters. The van der Waals surface area contributed by atoms with E-state index in [9.17, 15) is 4.79 Å². The fraction of sp³-hybridized carbons (Fsp3) is 0.556. The molecule has 0 aliphatic carbocycles. The number of ether oxygens (including phenoxy) is 1. The van der Waals surface area contributed by atoms with Crippen LogP contribution in [0.1, 0.15) is 54.4 Å². The minimum absolute atomic E-state index is 0.335. The van der Waals surface area contributed by atoms with Crippen molar-refractivity contribution in [2.45, 2.75) is 38.5 Å². The predicted molar refractivity (Wildman–Crippen MR) is 149 cm³/mol. The smallest absolute Gasteiger partial charge is 0.339 e. The van der Waals surface area contributed by atoms with Gasteiger partial charge >= 0.3 is 5.97 Å². The SMILES string of the molecule is COC(=O)c1ccc(N2CCCCC2)nc1.NCCN.c1cc(N2CCCCC2)ncc1C1=NCCN1. The molecule has 10 nitrogen and oxygen atoms in total. The van der Waals surface area contributed by atoms with Crippen molar-refractivity contribution < 1.29 is 9.53 Å². The number of nitrogens with one attached hydrogen (secondary N) is 1. The fourth-order valence-electron chi connectivity index (χ4n) is 4.36. The number of hydrogen-bond acceptors (Lipinski definition) is 10. The van der Waals surface area contributed by atoms with Gasteiger partial charge in [-0.05, 0) is 62.8 Å². The molecule has 2 saturated heterocycles. The Kier molecular flexibility index (Phi) is 12.1. The molecule has 10 heteroatoms. The molecule has 2 aromatic heterocycles. The molecule has 5 rings (SSSR count). The zero-order valence-electron chi connectivity index (χ0n) is 22.1. The number of aromatic nitrogens is 2. The van der Waals surface area contributed by atoms with E-state index in [1.807, 2.05) is 12.3 Å². The maximum Gasteiger partial charge on any atom is 0.339 e. The number of aliphatic imine (C=N–C) groups is 1. The zero-order chi connectivity index (χ0) is 26.3. The highest BCUT2D eigenvalue weighted by atomic mass is 16.5. The Morgan fingerprint density at radius 3 is 1.84 bits per heavy atom. The third-order valence-corrected chi connectivity index (χ3v) is 6.39. The van der Waals surface area contributed by atoms with Crippen molar-refractivity contribution in [3.8, 4) is 0 Å². The Hall–Kier alpha value is -3.24. The molecule has 0 radical (unpaired) electrons. The van der Waals surface area contributed by atoms with Crippen molar-refractivity contribution >= 4 is 23.4 Å². The second kappa shape index (κ2) is 15.8. The zero-order valence-corrected chi connectivity index (χ0v) is 22.1. The lowest BCUT2D eigenvalue weighted by Gasteiger charge is -2.27. The molecule has 0 amide bonds. The van der Waals surface area contributed by atoms with Crippen LogP contribution in [0.5, 0.6) is 0 Å². The van der Waals surface area contributed by atoms with Gasteiger partial charge in [0.15, 0.2) is 0 Å². The number of carbonyl (C=O) groups is 1. The molecular weight excluding hydrogens is 468 g/mol. The van der Waals surface area contributed by atoms with Gasteiger partial charge in [0.1, 0.15) is 17.5 Å². The minimum atomic E-state index is -0.335. The van der Waals surface area contributed by atoms with Gasteiger partial charge in [-0.2, -0.15) is 0 Å². The van der Waals surface area contributed by atoms with Gasteiger partial charge in [0.05, 0.1) is 19.2 Å². The van der Waals surface area contributed by atoms with Gasteiger partial charge in [-0.25, -0.2) is 14.8 Å². The third kappa shape index (κ3) is 8.98. The molecule has 37 heavy (non-hydrogen) atoms. The topological polar surface area (TPSA) is 135 Å². The summed E-state index contributed by atoms with van der Waals surface area (Å²) in [4.78, 5) is 29.1. The van der Waals surface area contributed by atoms with Crippen LogP contribution in [-0.4, -0.2) is 81.2 Å². The molecule has 5 N–H and O–H groups in total. The van der Waals surface area contributed by atoms with Gasteiger partial charge < -0.3 is 31.3 Å². The van der Waals surface area contributed by atoms with E-state index in [1.54, 1.807) is 12.3 Å². The summed E-state index contributed by atoms with van der Waals surface area (Å²) in [6.45, 7) is 7.43. The van der Waals surface area contributed by atoms with Crippen molar-refractivity contribution in [3.05, 3.63) is 47.8 Å². The van der Waals surface area contributed by atoms with Crippen molar-refractivity contribution in [1.82, 2.24) is 15.3 Å². The monoisotopic (exact) mass is 510 g/mol. The van der Waals surface area contributed by atoms with E-state index in [0.29, 0.717) is 18.7 Å². The first-order valence-electron chi connectivity index (χ1n) is 13.4. The van der Waals surface area contributed by atoms with Crippen LogP contribution in [0.25, 0.3) is 0 Å². The highest BCUT2D eigenvalue weighted by molar-refractivity contribution is 5.99. The number of hydrogen-bond donors (Lipinski definition) is 3. The number of pyridine rings is 2. The summed E-state index contributed by atoms with van der Waals surface area (Å²) >= 11 is 0. The summed E-state index contributed by atoms with van der Waals surface area (Å²) in [6.07, 6.45) is 11.2. The van der Waals surface area contributed by atoms with Crippen LogP contribution in [0.3, 0.4) is 0 Å². The van der Waals surface area contributed by atoms with Crippen LogP contribution in [0.4, 0.5) is 11.6 Å². The molecule has 3 aliphatic heterocycles. The highest BCUT2D eigenvalue weighted by Gasteiger charge is 2.14. The van der Waals surface area contributed by atoms with Gasteiger partial charge in [0.25, 0.3) is 0 Å². The van der Waals surface area contributed by atoms with Crippen molar-refractivity contribution in [1.29, 1.82) is 0 Å². The lowest BCUT2D eigenvalue weighted by atomic mass is 10.1. The number of anilines is 2. The van der Waals surface area contributed by atoms with Crippen LogP contribution in [0.15, 0.2) is 41.7 Å². The van der Waals surface area contributed by atoms with Crippen molar-refractivity contribution in [3.63, 3.8) is 0 Å². The number of piperidine rings is 2. The number of rotatable bonds is 5. The third-order valence-electron chi connectivity index (χ3n) is 6.39. The number of nitrogens with zero attached hydrogens (tertiary/aromatic N) is 5. The highest BCUT2D eigenvalue weighted by Crippen LogP contribution is 2.18. The van der Waals surface area contributed by atoms with Crippen LogP contribution < -0.4 is 26.6 Å². The van der Waals surface area contributed by atoms with Crippen molar-refractivity contribution in [2.24, 2.45) is 16.5 Å². The standard InChI is InChI=1S/C13H18N4.C12H16N2O2.C2H8N2/c1-2-8-17(9-3-1)12-5-4-11(10-16-12)13-14-6-7-15-13;1-16-12(15)10-5-6-11(13-9-10)14-7-3-2-4-8-14;3-1-2-4/h4-5,10H,1-3,6-9H2,(H,14,15);5-6,9H,2-4,7-8H2,1H3;1-4H2. The molecule has 0 saturated carbocycles. The van der Waals surface area contributed by atoms with E-state index >= 15 is 0 Å². The van der Waals surface area contributed by atoms with Gasteiger partial charge in [-0.1, -0.05) is 0 Å². The summed E-state index contributed by atoms with van der Waals surface area (Å²) in [6, 6.07) is 7.89. The van der Waals surface area contributed by atoms with E-state index in [0.717, 1.165) is 62.3 Å². The maximum absolute atomic E-state index is 11.2. The number of amidine groups is 1. The first kappa shape index (κ1) is 28.3. The lowest BCUT2D eigenvalue weighted by molar-refractivity contribution is 0.0600. The molecular formula is C27H42N8O2. The lowest BCUT2D eigenvalue weighted by Crippen LogP contribution is -2.30. The second-order valence-corrected chi connectivity index (χ2v) is 9.13. The Morgan fingerprint density at radius 1 is 0.865 bits per heavy atom. The molecule has 0 atom stereocenters.